The van der Waals surface area contributed by atoms with E-state index in [4.69, 9.17) is 11.6 Å². The number of hydrogen-bond donors (Lipinski definition) is 1. The lowest BCUT2D eigenvalue weighted by Crippen LogP contribution is -2.30. The standard InChI is InChI=1S/C16H15ClFNO2S/c17-14-10-13(8-9-15(14)18)22(20,21)19-16(12-6-7-12)11-4-2-1-3-5-11/h1-5,8-10,12,16,19H,6-7H2. The van der Waals surface area contributed by atoms with Crippen LogP contribution in [0.4, 0.5) is 4.39 Å². The van der Waals surface area contributed by atoms with Crippen LogP contribution < -0.4 is 4.72 Å². The molecule has 1 N–H and O–H groups in total. The maximum absolute atomic E-state index is 13.2. The Morgan fingerprint density at radius 2 is 1.82 bits per heavy atom. The van der Waals surface area contributed by atoms with Crippen LogP contribution in [-0.4, -0.2) is 8.42 Å². The van der Waals surface area contributed by atoms with Gasteiger partial charge in [-0.1, -0.05) is 41.9 Å². The first-order valence-corrected chi connectivity index (χ1v) is 8.86. The fourth-order valence-corrected chi connectivity index (χ4v) is 3.97. The van der Waals surface area contributed by atoms with E-state index in [0.29, 0.717) is 5.92 Å². The zero-order valence-corrected chi connectivity index (χ0v) is 13.2. The summed E-state index contributed by atoms with van der Waals surface area (Å²) in [5.74, 6) is -0.337. The van der Waals surface area contributed by atoms with Gasteiger partial charge >= 0.3 is 0 Å². The normalized spacial score (nSPS) is 16.5. The molecule has 0 aromatic heterocycles. The summed E-state index contributed by atoms with van der Waals surface area (Å²) in [6, 6.07) is 12.6. The van der Waals surface area contributed by atoms with Gasteiger partial charge < -0.3 is 0 Å². The topological polar surface area (TPSA) is 46.2 Å². The molecule has 0 bridgehead atoms. The second-order valence-corrected chi connectivity index (χ2v) is 7.54. The van der Waals surface area contributed by atoms with E-state index in [9.17, 15) is 12.8 Å². The molecule has 1 aliphatic rings. The van der Waals surface area contributed by atoms with Crippen molar-refractivity contribution in [1.29, 1.82) is 0 Å². The van der Waals surface area contributed by atoms with Crippen LogP contribution in [0.5, 0.6) is 0 Å². The molecule has 1 unspecified atom stereocenters. The second-order valence-electron chi connectivity index (χ2n) is 5.42. The Hall–Kier alpha value is -1.43. The average Bonchev–Trinajstić information content (AvgIpc) is 3.33. The molecule has 1 aliphatic carbocycles. The molecule has 0 saturated heterocycles. The summed E-state index contributed by atoms with van der Waals surface area (Å²) in [6.07, 6.45) is 1.98. The molecule has 0 heterocycles. The summed E-state index contributed by atoms with van der Waals surface area (Å²) in [5.41, 5.74) is 0.932. The summed E-state index contributed by atoms with van der Waals surface area (Å²) in [5, 5.41) is -0.203. The van der Waals surface area contributed by atoms with E-state index in [-0.39, 0.29) is 16.0 Å². The summed E-state index contributed by atoms with van der Waals surface area (Å²) >= 11 is 5.68. The predicted molar refractivity (Wildman–Crippen MR) is 83.6 cm³/mol. The third-order valence-corrected chi connectivity index (χ3v) is 5.46. The van der Waals surface area contributed by atoms with Gasteiger partial charge in [-0.15, -0.1) is 0 Å². The Morgan fingerprint density at radius 1 is 1.14 bits per heavy atom. The van der Waals surface area contributed by atoms with Crippen molar-refractivity contribution < 1.29 is 12.8 Å². The molecule has 1 fully saturated rings. The van der Waals surface area contributed by atoms with Gasteiger partial charge in [0.05, 0.1) is 9.92 Å². The maximum atomic E-state index is 13.2. The second kappa shape index (κ2) is 5.99. The summed E-state index contributed by atoms with van der Waals surface area (Å²) < 4.78 is 41.0. The molecule has 0 amide bonds. The van der Waals surface area contributed by atoms with E-state index in [2.05, 4.69) is 4.72 Å². The van der Waals surface area contributed by atoms with Gasteiger partial charge in [0.15, 0.2) is 0 Å². The van der Waals surface area contributed by atoms with Gasteiger partial charge in [0.2, 0.25) is 10.0 Å². The Bertz CT molecular complexity index is 776. The van der Waals surface area contributed by atoms with Crippen molar-refractivity contribution in [3.63, 3.8) is 0 Å². The first-order valence-electron chi connectivity index (χ1n) is 7.00. The number of rotatable bonds is 5. The van der Waals surface area contributed by atoms with Crippen LogP contribution in [0.25, 0.3) is 0 Å². The number of nitrogens with one attached hydrogen (secondary N) is 1. The Balaban J connectivity index is 1.90. The summed E-state index contributed by atoms with van der Waals surface area (Å²) in [7, 11) is -3.75. The SMILES string of the molecule is O=S(=O)(NC(c1ccccc1)C1CC1)c1ccc(F)c(Cl)c1. The number of benzene rings is 2. The zero-order chi connectivity index (χ0) is 15.7. The highest BCUT2D eigenvalue weighted by molar-refractivity contribution is 7.89. The van der Waals surface area contributed by atoms with Crippen molar-refractivity contribution in [2.75, 3.05) is 0 Å². The van der Waals surface area contributed by atoms with E-state index < -0.39 is 15.8 Å². The summed E-state index contributed by atoms with van der Waals surface area (Å²) in [4.78, 5) is -0.0273. The number of sulfonamides is 1. The maximum Gasteiger partial charge on any atom is 0.241 e. The van der Waals surface area contributed by atoms with Crippen LogP contribution in [0.2, 0.25) is 5.02 Å². The predicted octanol–water partition coefficient (Wildman–Crippen LogP) is 3.91. The molecular formula is C16H15ClFNO2S. The van der Waals surface area contributed by atoms with Crippen molar-refractivity contribution in [2.45, 2.75) is 23.8 Å². The Morgan fingerprint density at radius 3 is 2.41 bits per heavy atom. The number of hydrogen-bond acceptors (Lipinski definition) is 2. The van der Waals surface area contributed by atoms with Crippen LogP contribution in [0.15, 0.2) is 53.4 Å². The van der Waals surface area contributed by atoms with Crippen molar-refractivity contribution >= 4 is 21.6 Å². The van der Waals surface area contributed by atoms with Gasteiger partial charge in [-0.25, -0.2) is 17.5 Å². The lowest BCUT2D eigenvalue weighted by molar-refractivity contribution is 0.529. The lowest BCUT2D eigenvalue weighted by Gasteiger charge is -2.19. The third-order valence-electron chi connectivity index (χ3n) is 3.74. The highest BCUT2D eigenvalue weighted by Gasteiger charge is 2.35. The van der Waals surface area contributed by atoms with Crippen molar-refractivity contribution in [3.05, 3.63) is 64.9 Å². The molecular weight excluding hydrogens is 325 g/mol. The highest BCUT2D eigenvalue weighted by Crippen LogP contribution is 2.41. The molecule has 116 valence electrons. The fourth-order valence-electron chi connectivity index (χ4n) is 2.41. The Kier molecular flexibility index (Phi) is 4.21. The molecule has 6 heteroatoms. The molecule has 0 aliphatic heterocycles. The van der Waals surface area contributed by atoms with Gasteiger partial charge in [-0.2, -0.15) is 0 Å². The van der Waals surface area contributed by atoms with E-state index in [1.807, 2.05) is 30.3 Å². The van der Waals surface area contributed by atoms with Gasteiger partial charge in [0, 0.05) is 6.04 Å². The smallest absolute Gasteiger partial charge is 0.207 e. The van der Waals surface area contributed by atoms with Gasteiger partial charge in [-0.3, -0.25) is 0 Å². The molecule has 3 nitrogen and oxygen atoms in total. The van der Waals surface area contributed by atoms with Crippen LogP contribution in [0, 0.1) is 11.7 Å². The molecule has 1 atom stereocenters. The molecule has 22 heavy (non-hydrogen) atoms. The van der Waals surface area contributed by atoms with E-state index >= 15 is 0 Å². The summed E-state index contributed by atoms with van der Waals surface area (Å²) in [6.45, 7) is 0. The third kappa shape index (κ3) is 3.32. The van der Waals surface area contributed by atoms with Crippen LogP contribution in [0.3, 0.4) is 0 Å². The molecule has 3 rings (SSSR count). The minimum atomic E-state index is -3.75. The largest absolute Gasteiger partial charge is 0.241 e. The number of halogens is 2. The van der Waals surface area contributed by atoms with Crippen molar-refractivity contribution in [2.24, 2.45) is 5.92 Å². The first-order chi connectivity index (χ1) is 10.5. The van der Waals surface area contributed by atoms with Crippen LogP contribution in [0.1, 0.15) is 24.4 Å². The monoisotopic (exact) mass is 339 g/mol. The van der Waals surface area contributed by atoms with Crippen molar-refractivity contribution in [1.82, 2.24) is 4.72 Å². The molecule has 0 radical (unpaired) electrons. The molecule has 1 saturated carbocycles. The van der Waals surface area contributed by atoms with Crippen LogP contribution in [-0.2, 0) is 10.0 Å². The first kappa shape index (κ1) is 15.5. The average molecular weight is 340 g/mol. The van der Waals surface area contributed by atoms with Crippen LogP contribution >= 0.6 is 11.6 Å². The molecule has 0 spiro atoms. The van der Waals surface area contributed by atoms with E-state index in [1.54, 1.807) is 0 Å². The van der Waals surface area contributed by atoms with Gasteiger partial charge in [0.1, 0.15) is 5.82 Å². The minimum absolute atomic E-state index is 0.0273. The molecule has 2 aromatic rings. The highest BCUT2D eigenvalue weighted by atomic mass is 35.5. The quantitative estimate of drug-likeness (QED) is 0.897. The fraction of sp³-hybridized carbons (Fsp3) is 0.250. The van der Waals surface area contributed by atoms with E-state index in [1.165, 1.54) is 6.07 Å². The van der Waals surface area contributed by atoms with Crippen molar-refractivity contribution in [3.8, 4) is 0 Å². The van der Waals surface area contributed by atoms with Gasteiger partial charge in [-0.05, 0) is 42.5 Å². The Labute approximate surface area is 134 Å². The van der Waals surface area contributed by atoms with Gasteiger partial charge in [0.25, 0.3) is 0 Å². The zero-order valence-electron chi connectivity index (χ0n) is 11.7. The lowest BCUT2D eigenvalue weighted by atomic mass is 10.0. The molecule has 2 aromatic carbocycles. The minimum Gasteiger partial charge on any atom is -0.207 e. The van der Waals surface area contributed by atoms with E-state index in [0.717, 1.165) is 30.5 Å².